The molecule has 35 heavy (non-hydrogen) atoms. The van der Waals surface area contributed by atoms with E-state index in [4.69, 9.17) is 32.2 Å². The molecule has 0 aliphatic carbocycles. The molecule has 1 fully saturated rings. The highest BCUT2D eigenvalue weighted by molar-refractivity contribution is 6.31. The molecule has 0 radical (unpaired) electrons. The van der Waals surface area contributed by atoms with Crippen LogP contribution in [0.5, 0.6) is 0 Å². The van der Waals surface area contributed by atoms with Gasteiger partial charge in [0.2, 0.25) is 0 Å². The van der Waals surface area contributed by atoms with Gasteiger partial charge in [-0.15, -0.1) is 6.42 Å². The Balaban J connectivity index is 1.97. The Morgan fingerprint density at radius 2 is 1.77 bits per heavy atom. The Kier molecular flexibility index (Phi) is 9.70. The SMILES string of the molecule is C#CCOCc1cc(Cl)c(Cc2ccc(CC)cc2)cc1C1OC(COC(C)=O)C(O)C(O)C1O. The van der Waals surface area contributed by atoms with Crippen LogP contribution < -0.4 is 0 Å². The van der Waals surface area contributed by atoms with E-state index in [0.29, 0.717) is 22.6 Å². The summed E-state index contributed by atoms with van der Waals surface area (Å²) in [4.78, 5) is 11.3. The highest BCUT2D eigenvalue weighted by atomic mass is 35.5. The van der Waals surface area contributed by atoms with Crippen molar-refractivity contribution in [2.75, 3.05) is 13.2 Å². The van der Waals surface area contributed by atoms with Crippen LogP contribution >= 0.6 is 11.6 Å². The highest BCUT2D eigenvalue weighted by Crippen LogP contribution is 2.37. The standard InChI is InChI=1S/C27H31ClO7/c1-4-10-33-14-20-13-22(28)19(11-18-8-6-17(5-2)7-9-18)12-21(20)27-26(32)25(31)24(30)23(35-27)15-34-16(3)29/h1,6-9,12-13,23-27,30-32H,5,10-11,14-15H2,2-3H3. The third-order valence-electron chi connectivity index (χ3n) is 6.05. The number of benzene rings is 2. The first kappa shape index (κ1) is 27.2. The van der Waals surface area contributed by atoms with Crippen molar-refractivity contribution in [1.82, 2.24) is 0 Å². The number of hydrogen-bond donors (Lipinski definition) is 3. The van der Waals surface area contributed by atoms with Crippen LogP contribution in [0.4, 0.5) is 0 Å². The summed E-state index contributed by atoms with van der Waals surface area (Å²) in [6.07, 6.45) is 0.303. The number of rotatable bonds is 9. The molecule has 2 aromatic carbocycles. The van der Waals surface area contributed by atoms with E-state index in [2.05, 4.69) is 25.0 Å². The van der Waals surface area contributed by atoms with Crippen molar-refractivity contribution in [3.8, 4) is 12.3 Å². The second-order valence-corrected chi connectivity index (χ2v) is 8.96. The van der Waals surface area contributed by atoms with Gasteiger partial charge in [-0.1, -0.05) is 54.8 Å². The zero-order valence-electron chi connectivity index (χ0n) is 19.8. The van der Waals surface area contributed by atoms with Crippen molar-refractivity contribution in [3.63, 3.8) is 0 Å². The fourth-order valence-electron chi connectivity index (χ4n) is 4.08. The van der Waals surface area contributed by atoms with Crippen LogP contribution in [0.25, 0.3) is 0 Å². The summed E-state index contributed by atoms with van der Waals surface area (Å²) < 4.78 is 16.5. The number of terminal acetylenes is 1. The lowest BCUT2D eigenvalue weighted by Crippen LogP contribution is -2.55. The van der Waals surface area contributed by atoms with Crippen LogP contribution in [-0.2, 0) is 38.5 Å². The zero-order valence-corrected chi connectivity index (χ0v) is 20.6. The predicted molar refractivity (Wildman–Crippen MR) is 131 cm³/mol. The van der Waals surface area contributed by atoms with Crippen LogP contribution in [0.1, 0.15) is 47.8 Å². The maximum atomic E-state index is 11.3. The van der Waals surface area contributed by atoms with Crippen LogP contribution in [0.3, 0.4) is 0 Å². The van der Waals surface area contributed by atoms with Gasteiger partial charge in [-0.25, -0.2) is 0 Å². The van der Waals surface area contributed by atoms with E-state index < -0.39 is 36.5 Å². The number of aliphatic hydroxyl groups is 3. The van der Waals surface area contributed by atoms with Crippen molar-refractivity contribution in [2.24, 2.45) is 0 Å². The fourth-order valence-corrected chi connectivity index (χ4v) is 4.33. The number of halogens is 1. The molecule has 1 saturated heterocycles. The third kappa shape index (κ3) is 6.83. The Morgan fingerprint density at radius 1 is 1.09 bits per heavy atom. The molecule has 0 spiro atoms. The summed E-state index contributed by atoms with van der Waals surface area (Å²) in [5, 5.41) is 32.2. The summed E-state index contributed by atoms with van der Waals surface area (Å²) >= 11 is 6.62. The summed E-state index contributed by atoms with van der Waals surface area (Å²) in [5.74, 6) is 1.85. The molecule has 5 atom stereocenters. The number of carbonyl (C=O) groups excluding carboxylic acids is 1. The molecular weight excluding hydrogens is 472 g/mol. The molecule has 8 heteroatoms. The second kappa shape index (κ2) is 12.5. The van der Waals surface area contributed by atoms with Crippen LogP contribution in [0.15, 0.2) is 36.4 Å². The van der Waals surface area contributed by atoms with Gasteiger partial charge in [0.1, 0.15) is 43.7 Å². The largest absolute Gasteiger partial charge is 0.463 e. The number of hydrogen-bond acceptors (Lipinski definition) is 7. The van der Waals surface area contributed by atoms with Crippen molar-refractivity contribution in [2.45, 2.75) is 63.8 Å². The third-order valence-corrected chi connectivity index (χ3v) is 6.40. The fraction of sp³-hybridized carbons (Fsp3) is 0.444. The number of ether oxygens (including phenoxy) is 3. The molecule has 0 amide bonds. The lowest BCUT2D eigenvalue weighted by Gasteiger charge is -2.41. The number of aliphatic hydroxyl groups excluding tert-OH is 3. The topological polar surface area (TPSA) is 105 Å². The average molecular weight is 503 g/mol. The lowest BCUT2D eigenvalue weighted by molar-refractivity contribution is -0.234. The lowest BCUT2D eigenvalue weighted by atomic mass is 9.87. The minimum atomic E-state index is -1.52. The summed E-state index contributed by atoms with van der Waals surface area (Å²) in [7, 11) is 0. The van der Waals surface area contributed by atoms with Crippen LogP contribution in [-0.4, -0.2) is 58.9 Å². The first-order chi connectivity index (χ1) is 16.7. The Morgan fingerprint density at radius 3 is 2.40 bits per heavy atom. The molecule has 3 rings (SSSR count). The summed E-state index contributed by atoms with van der Waals surface area (Å²) in [6.45, 7) is 3.23. The molecule has 1 heterocycles. The van der Waals surface area contributed by atoms with Gasteiger partial charge in [-0.3, -0.25) is 4.79 Å². The van der Waals surface area contributed by atoms with E-state index in [1.807, 2.05) is 18.2 Å². The number of aryl methyl sites for hydroxylation is 1. The van der Waals surface area contributed by atoms with E-state index in [1.54, 1.807) is 6.07 Å². The van der Waals surface area contributed by atoms with E-state index >= 15 is 0 Å². The second-order valence-electron chi connectivity index (χ2n) is 8.56. The monoisotopic (exact) mass is 502 g/mol. The normalized spacial score (nSPS) is 24.1. The van der Waals surface area contributed by atoms with Crippen molar-refractivity contribution >= 4 is 17.6 Å². The van der Waals surface area contributed by atoms with Gasteiger partial charge in [0, 0.05) is 11.9 Å². The molecular formula is C27H31ClO7. The van der Waals surface area contributed by atoms with Crippen molar-refractivity contribution in [1.29, 1.82) is 0 Å². The molecule has 0 bridgehead atoms. The van der Waals surface area contributed by atoms with Crippen LogP contribution in [0.2, 0.25) is 5.02 Å². The molecule has 1 aliphatic heterocycles. The van der Waals surface area contributed by atoms with Gasteiger partial charge >= 0.3 is 5.97 Å². The minimum Gasteiger partial charge on any atom is -0.463 e. The molecule has 1 aliphatic rings. The van der Waals surface area contributed by atoms with Gasteiger partial charge in [-0.2, -0.15) is 0 Å². The summed E-state index contributed by atoms with van der Waals surface area (Å²) in [6, 6.07) is 11.8. The van der Waals surface area contributed by atoms with Gasteiger partial charge in [0.25, 0.3) is 0 Å². The maximum absolute atomic E-state index is 11.3. The van der Waals surface area contributed by atoms with E-state index in [1.165, 1.54) is 12.5 Å². The quantitative estimate of drug-likeness (QED) is 0.275. The molecule has 3 N–H and O–H groups in total. The van der Waals surface area contributed by atoms with Gasteiger partial charge < -0.3 is 29.5 Å². The molecule has 0 aromatic heterocycles. The van der Waals surface area contributed by atoms with Crippen LogP contribution in [0, 0.1) is 12.3 Å². The van der Waals surface area contributed by atoms with E-state index in [9.17, 15) is 20.1 Å². The molecule has 0 saturated carbocycles. The Hall–Kier alpha value is -2.44. The molecule has 188 valence electrons. The average Bonchev–Trinajstić information content (AvgIpc) is 2.84. The molecule has 7 nitrogen and oxygen atoms in total. The van der Waals surface area contributed by atoms with E-state index in [0.717, 1.165) is 17.5 Å². The highest BCUT2D eigenvalue weighted by Gasteiger charge is 2.45. The zero-order chi connectivity index (χ0) is 25.5. The maximum Gasteiger partial charge on any atom is 0.302 e. The van der Waals surface area contributed by atoms with Gasteiger partial charge in [0.15, 0.2) is 0 Å². The Bertz CT molecular complexity index is 1050. The first-order valence-electron chi connectivity index (χ1n) is 11.5. The minimum absolute atomic E-state index is 0.0765. The van der Waals surface area contributed by atoms with Crippen molar-refractivity contribution in [3.05, 3.63) is 69.2 Å². The Labute approximate surface area is 210 Å². The van der Waals surface area contributed by atoms with Gasteiger partial charge in [0.05, 0.1) is 6.61 Å². The first-order valence-corrected chi connectivity index (χ1v) is 11.9. The van der Waals surface area contributed by atoms with Gasteiger partial charge in [-0.05, 0) is 46.7 Å². The van der Waals surface area contributed by atoms with Crippen molar-refractivity contribution < 1.29 is 34.3 Å². The smallest absolute Gasteiger partial charge is 0.302 e. The number of carbonyl (C=O) groups is 1. The summed E-state index contributed by atoms with van der Waals surface area (Å²) in [5.41, 5.74) is 4.23. The number of esters is 1. The van der Waals surface area contributed by atoms with E-state index in [-0.39, 0.29) is 19.8 Å². The molecule has 2 aromatic rings. The molecule has 5 unspecified atom stereocenters. The predicted octanol–water partition coefficient (Wildman–Crippen LogP) is 2.73.